The van der Waals surface area contributed by atoms with Crippen molar-refractivity contribution in [1.29, 1.82) is 0 Å². The fourth-order valence-electron chi connectivity index (χ4n) is 3.62. The van der Waals surface area contributed by atoms with E-state index < -0.39 is 34.3 Å². The Balaban J connectivity index is 1.45. The molecule has 1 N–H and O–H groups in total. The van der Waals surface area contributed by atoms with Crippen molar-refractivity contribution in [2.24, 2.45) is 0 Å². The fraction of sp³-hybridized carbons (Fsp3) is 0.148. The van der Waals surface area contributed by atoms with Gasteiger partial charge in [-0.25, -0.2) is 4.39 Å². The first kappa shape index (κ1) is 27.3. The zero-order chi connectivity index (χ0) is 27.9. The number of carbonyl (C=O) groups excluding carboxylic acids is 3. The van der Waals surface area contributed by atoms with E-state index in [0.717, 1.165) is 11.0 Å². The molecule has 1 aliphatic heterocycles. The minimum absolute atomic E-state index is 0.0446. The third-order valence-corrected chi connectivity index (χ3v) is 6.27. The van der Waals surface area contributed by atoms with E-state index in [9.17, 15) is 28.9 Å². The molecule has 0 aromatic heterocycles. The van der Waals surface area contributed by atoms with Gasteiger partial charge in [0.05, 0.1) is 16.4 Å². The fourth-order valence-corrected chi connectivity index (χ4v) is 4.46. The second-order valence-corrected chi connectivity index (χ2v) is 9.17. The van der Waals surface area contributed by atoms with Crippen LogP contribution in [0.1, 0.15) is 18.1 Å². The topological polar surface area (TPSA) is 128 Å². The Kier molecular flexibility index (Phi) is 8.56. The Morgan fingerprint density at radius 1 is 1.08 bits per heavy atom. The van der Waals surface area contributed by atoms with Crippen LogP contribution < -0.4 is 14.8 Å². The van der Waals surface area contributed by atoms with Crippen LogP contribution in [-0.4, -0.2) is 40.0 Å². The molecule has 12 heteroatoms. The van der Waals surface area contributed by atoms with Gasteiger partial charge >= 0.3 is 0 Å². The summed E-state index contributed by atoms with van der Waals surface area (Å²) in [6.07, 6.45) is 1.50. The highest BCUT2D eigenvalue weighted by Crippen LogP contribution is 2.35. The van der Waals surface area contributed by atoms with Crippen molar-refractivity contribution in [2.75, 3.05) is 18.5 Å². The van der Waals surface area contributed by atoms with Gasteiger partial charge in [-0.2, -0.15) is 0 Å². The van der Waals surface area contributed by atoms with Crippen molar-refractivity contribution in [2.45, 2.75) is 13.5 Å². The van der Waals surface area contributed by atoms with Crippen LogP contribution in [-0.2, 0) is 16.2 Å². The molecule has 0 bridgehead atoms. The average Bonchev–Trinajstić information content (AvgIpc) is 3.15. The number of nitro benzene ring substituents is 1. The maximum Gasteiger partial charge on any atom is 0.294 e. The van der Waals surface area contributed by atoms with Crippen molar-refractivity contribution in [3.05, 3.63) is 98.7 Å². The lowest BCUT2D eigenvalue weighted by atomic mass is 10.1. The highest BCUT2D eigenvalue weighted by Gasteiger charge is 2.36. The SMILES string of the molecule is CCOc1cc(/C=C2/SC(=O)N(CC(=O)Nc3cccc(F)c3)C2=O)ccc1OCc1cccc([N+](=O)[O-])c1. The number of nitrogens with one attached hydrogen (secondary N) is 1. The molecule has 0 unspecified atom stereocenters. The first-order chi connectivity index (χ1) is 18.7. The minimum Gasteiger partial charge on any atom is -0.490 e. The lowest BCUT2D eigenvalue weighted by Crippen LogP contribution is -2.36. The van der Waals surface area contributed by atoms with Gasteiger partial charge in [0.2, 0.25) is 5.91 Å². The predicted molar refractivity (Wildman–Crippen MR) is 143 cm³/mol. The van der Waals surface area contributed by atoms with E-state index in [2.05, 4.69) is 5.32 Å². The molecule has 0 radical (unpaired) electrons. The average molecular weight is 552 g/mol. The molecule has 1 heterocycles. The number of ether oxygens (including phenoxy) is 2. The van der Waals surface area contributed by atoms with Crippen molar-refractivity contribution < 1.29 is 33.2 Å². The molecular formula is C27H22FN3O7S. The number of halogens is 1. The maximum atomic E-state index is 13.3. The summed E-state index contributed by atoms with van der Waals surface area (Å²) in [6.45, 7) is 1.66. The second kappa shape index (κ2) is 12.2. The summed E-state index contributed by atoms with van der Waals surface area (Å²) in [7, 11) is 0. The largest absolute Gasteiger partial charge is 0.490 e. The summed E-state index contributed by atoms with van der Waals surface area (Å²) in [5.74, 6) is -1.04. The number of amides is 3. The standard InChI is InChI=1S/C27H22FN3O7S/c1-2-37-23-12-17(9-10-22(23)38-16-18-5-3-8-21(11-18)31(35)36)13-24-26(33)30(27(34)39-24)15-25(32)29-20-7-4-6-19(28)14-20/h3-14H,2,15-16H2,1H3,(H,29,32)/b24-13+. The number of hydrogen-bond acceptors (Lipinski definition) is 8. The zero-order valence-electron chi connectivity index (χ0n) is 20.6. The Hall–Kier alpha value is -4.71. The number of benzene rings is 3. The van der Waals surface area contributed by atoms with Gasteiger partial charge in [-0.15, -0.1) is 0 Å². The molecule has 10 nitrogen and oxygen atoms in total. The molecule has 3 amide bonds. The van der Waals surface area contributed by atoms with Crippen LogP contribution >= 0.6 is 11.8 Å². The number of thioether (sulfide) groups is 1. The van der Waals surface area contributed by atoms with Crippen LogP contribution in [0.25, 0.3) is 6.08 Å². The maximum absolute atomic E-state index is 13.3. The molecule has 1 saturated heterocycles. The third kappa shape index (κ3) is 6.99. The summed E-state index contributed by atoms with van der Waals surface area (Å²) in [5.41, 5.74) is 1.32. The van der Waals surface area contributed by atoms with Crippen LogP contribution in [0.4, 0.5) is 20.6 Å². The molecule has 1 fully saturated rings. The monoisotopic (exact) mass is 551 g/mol. The van der Waals surface area contributed by atoms with Gasteiger partial charge < -0.3 is 14.8 Å². The van der Waals surface area contributed by atoms with Crippen molar-refractivity contribution in [3.8, 4) is 11.5 Å². The summed E-state index contributed by atoms with van der Waals surface area (Å²) >= 11 is 0.693. The van der Waals surface area contributed by atoms with Crippen molar-refractivity contribution in [1.82, 2.24) is 4.90 Å². The quantitative estimate of drug-likeness (QED) is 0.202. The van der Waals surface area contributed by atoms with Crippen molar-refractivity contribution >= 4 is 46.3 Å². The first-order valence-electron chi connectivity index (χ1n) is 11.7. The summed E-state index contributed by atoms with van der Waals surface area (Å²) in [6, 6.07) is 16.3. The lowest BCUT2D eigenvalue weighted by Gasteiger charge is -2.13. The number of nitro groups is 1. The van der Waals surface area contributed by atoms with E-state index in [1.54, 1.807) is 37.3 Å². The number of imide groups is 1. The molecule has 1 aliphatic rings. The molecule has 3 aromatic rings. The number of nitrogens with zero attached hydrogens (tertiary/aromatic N) is 2. The van der Waals surface area contributed by atoms with Crippen LogP contribution in [0.15, 0.2) is 71.6 Å². The Labute approximate surface area is 226 Å². The van der Waals surface area contributed by atoms with Crippen LogP contribution in [0, 0.1) is 15.9 Å². The van der Waals surface area contributed by atoms with E-state index in [4.69, 9.17) is 9.47 Å². The normalized spacial score (nSPS) is 14.0. The van der Waals surface area contributed by atoms with Crippen LogP contribution in [0.5, 0.6) is 11.5 Å². The van der Waals surface area contributed by atoms with E-state index in [1.807, 2.05) is 0 Å². The van der Waals surface area contributed by atoms with Gasteiger partial charge in [0.25, 0.3) is 16.8 Å². The molecule has 0 aliphatic carbocycles. The van der Waals surface area contributed by atoms with E-state index >= 15 is 0 Å². The Bertz CT molecular complexity index is 1480. The Morgan fingerprint density at radius 2 is 1.87 bits per heavy atom. The summed E-state index contributed by atoms with van der Waals surface area (Å²) in [5, 5.41) is 12.9. The van der Waals surface area contributed by atoms with Gasteiger partial charge in [-0.05, 0) is 66.2 Å². The molecule has 3 aromatic carbocycles. The van der Waals surface area contributed by atoms with Gasteiger partial charge in [-0.3, -0.25) is 29.4 Å². The number of carbonyl (C=O) groups is 3. The predicted octanol–water partition coefficient (Wildman–Crippen LogP) is 5.39. The molecule has 0 atom stereocenters. The molecular weight excluding hydrogens is 529 g/mol. The van der Waals surface area contributed by atoms with Gasteiger partial charge in [0, 0.05) is 17.8 Å². The number of hydrogen-bond donors (Lipinski definition) is 1. The van der Waals surface area contributed by atoms with Gasteiger partial charge in [-0.1, -0.05) is 24.3 Å². The number of rotatable bonds is 10. The van der Waals surface area contributed by atoms with Crippen LogP contribution in [0.3, 0.4) is 0 Å². The molecule has 0 spiro atoms. The second-order valence-electron chi connectivity index (χ2n) is 8.18. The van der Waals surface area contributed by atoms with E-state index in [1.165, 1.54) is 36.4 Å². The lowest BCUT2D eigenvalue weighted by molar-refractivity contribution is -0.384. The first-order valence-corrected chi connectivity index (χ1v) is 12.5. The van der Waals surface area contributed by atoms with E-state index in [-0.39, 0.29) is 22.9 Å². The molecule has 4 rings (SSSR count). The van der Waals surface area contributed by atoms with Crippen molar-refractivity contribution in [3.63, 3.8) is 0 Å². The smallest absolute Gasteiger partial charge is 0.294 e. The molecule has 200 valence electrons. The third-order valence-electron chi connectivity index (χ3n) is 5.36. The highest BCUT2D eigenvalue weighted by atomic mass is 32.2. The summed E-state index contributed by atoms with van der Waals surface area (Å²) < 4.78 is 24.8. The molecule has 0 saturated carbocycles. The van der Waals surface area contributed by atoms with Crippen LogP contribution in [0.2, 0.25) is 0 Å². The number of non-ortho nitro benzene ring substituents is 1. The summed E-state index contributed by atoms with van der Waals surface area (Å²) in [4.78, 5) is 49.1. The molecule has 39 heavy (non-hydrogen) atoms. The minimum atomic E-state index is -0.645. The van der Waals surface area contributed by atoms with Gasteiger partial charge in [0.15, 0.2) is 11.5 Å². The van der Waals surface area contributed by atoms with Gasteiger partial charge in [0.1, 0.15) is 19.0 Å². The van der Waals surface area contributed by atoms with E-state index in [0.29, 0.717) is 41.0 Å². The zero-order valence-corrected chi connectivity index (χ0v) is 21.4. The highest BCUT2D eigenvalue weighted by molar-refractivity contribution is 8.18. The Morgan fingerprint density at radius 3 is 2.62 bits per heavy atom. The number of anilines is 1.